The molecule has 20 heavy (non-hydrogen) atoms. The van der Waals surface area contributed by atoms with Crippen molar-refractivity contribution in [3.8, 4) is 6.07 Å². The summed E-state index contributed by atoms with van der Waals surface area (Å²) in [5.74, 6) is -0.755. The van der Waals surface area contributed by atoms with Gasteiger partial charge in [0, 0.05) is 5.56 Å². The van der Waals surface area contributed by atoms with Crippen LogP contribution >= 0.6 is 0 Å². The highest BCUT2D eigenvalue weighted by molar-refractivity contribution is 6.14. The smallest absolute Gasteiger partial charge is 0.203 e. The zero-order valence-electron chi connectivity index (χ0n) is 10.9. The van der Waals surface area contributed by atoms with Crippen LogP contribution in [0.25, 0.3) is 6.08 Å². The second kappa shape index (κ2) is 5.94. The van der Waals surface area contributed by atoms with Gasteiger partial charge in [0.25, 0.3) is 0 Å². The molecular formula is C17H12FNO. The molecule has 0 bridgehead atoms. The van der Waals surface area contributed by atoms with E-state index in [0.29, 0.717) is 11.1 Å². The average molecular weight is 265 g/mol. The molecule has 0 aromatic heterocycles. The van der Waals surface area contributed by atoms with Gasteiger partial charge in [0.05, 0.1) is 0 Å². The molecule has 2 aromatic rings. The van der Waals surface area contributed by atoms with Gasteiger partial charge in [0.15, 0.2) is 0 Å². The van der Waals surface area contributed by atoms with E-state index < -0.39 is 5.82 Å². The standard InChI is InChI=1S/C17H12FNO/c1-12-5-2-3-8-16(12)17(20)14(11-19)9-13-6-4-7-15(18)10-13/h2-10H,1H3/b14-9+. The van der Waals surface area contributed by atoms with Crippen molar-refractivity contribution in [2.24, 2.45) is 0 Å². The Hall–Kier alpha value is -2.73. The third-order valence-electron chi connectivity index (χ3n) is 2.91. The fourth-order valence-corrected chi connectivity index (χ4v) is 1.88. The number of rotatable bonds is 3. The maximum absolute atomic E-state index is 13.1. The molecule has 2 nitrogen and oxygen atoms in total. The summed E-state index contributed by atoms with van der Waals surface area (Å²) in [6.07, 6.45) is 1.40. The molecule has 0 fully saturated rings. The summed E-state index contributed by atoms with van der Waals surface area (Å²) in [6.45, 7) is 1.81. The monoisotopic (exact) mass is 265 g/mol. The molecule has 0 saturated carbocycles. The molecule has 0 aliphatic heterocycles. The second-order valence-electron chi connectivity index (χ2n) is 4.37. The Morgan fingerprint density at radius 1 is 1.20 bits per heavy atom. The third kappa shape index (κ3) is 2.99. The lowest BCUT2D eigenvalue weighted by atomic mass is 9.98. The molecule has 2 aromatic carbocycles. The molecule has 0 heterocycles. The first kappa shape index (κ1) is 13.7. The number of ketones is 1. The molecule has 0 radical (unpaired) electrons. The molecular weight excluding hydrogens is 253 g/mol. The normalized spacial score (nSPS) is 10.9. The van der Waals surface area contributed by atoms with Gasteiger partial charge in [-0.2, -0.15) is 5.26 Å². The maximum atomic E-state index is 13.1. The van der Waals surface area contributed by atoms with E-state index in [1.165, 1.54) is 24.3 Å². The zero-order chi connectivity index (χ0) is 14.5. The van der Waals surface area contributed by atoms with E-state index in [1.807, 2.05) is 25.1 Å². The van der Waals surface area contributed by atoms with E-state index >= 15 is 0 Å². The molecule has 0 spiro atoms. The Labute approximate surface area is 116 Å². The van der Waals surface area contributed by atoms with Crippen molar-refractivity contribution in [2.45, 2.75) is 6.92 Å². The van der Waals surface area contributed by atoms with E-state index in [1.54, 1.807) is 18.2 Å². The number of carbonyl (C=O) groups is 1. The summed E-state index contributed by atoms with van der Waals surface area (Å²) in [5.41, 5.74) is 1.77. The van der Waals surface area contributed by atoms with Gasteiger partial charge in [-0.05, 0) is 36.3 Å². The Morgan fingerprint density at radius 3 is 2.60 bits per heavy atom. The van der Waals surface area contributed by atoms with Crippen LogP contribution in [0.15, 0.2) is 54.1 Å². The lowest BCUT2D eigenvalue weighted by molar-refractivity contribution is 0.103. The summed E-state index contributed by atoms with van der Waals surface area (Å²) in [4.78, 5) is 12.3. The van der Waals surface area contributed by atoms with Gasteiger partial charge in [0.2, 0.25) is 5.78 Å². The van der Waals surface area contributed by atoms with Gasteiger partial charge in [-0.25, -0.2) is 4.39 Å². The van der Waals surface area contributed by atoms with Crippen LogP contribution in [0.1, 0.15) is 21.5 Å². The van der Waals surface area contributed by atoms with Crippen molar-refractivity contribution in [2.75, 3.05) is 0 Å². The molecule has 0 atom stereocenters. The largest absolute Gasteiger partial charge is 0.288 e. The van der Waals surface area contributed by atoms with Crippen LogP contribution in [0.4, 0.5) is 4.39 Å². The maximum Gasteiger partial charge on any atom is 0.203 e. The van der Waals surface area contributed by atoms with Crippen LogP contribution in [0, 0.1) is 24.1 Å². The van der Waals surface area contributed by atoms with Gasteiger partial charge < -0.3 is 0 Å². The molecule has 0 unspecified atom stereocenters. The zero-order valence-corrected chi connectivity index (χ0v) is 10.9. The quantitative estimate of drug-likeness (QED) is 0.479. The summed E-state index contributed by atoms with van der Waals surface area (Å²) in [5, 5.41) is 9.15. The fourth-order valence-electron chi connectivity index (χ4n) is 1.88. The Kier molecular flexibility index (Phi) is 4.07. The lowest BCUT2D eigenvalue weighted by Gasteiger charge is -2.03. The van der Waals surface area contributed by atoms with Crippen LogP contribution in [-0.4, -0.2) is 5.78 Å². The van der Waals surface area contributed by atoms with Crippen molar-refractivity contribution in [1.29, 1.82) is 5.26 Å². The third-order valence-corrected chi connectivity index (χ3v) is 2.91. The first-order valence-corrected chi connectivity index (χ1v) is 6.09. The number of hydrogen-bond donors (Lipinski definition) is 0. The number of aryl methyl sites for hydroxylation is 1. The van der Waals surface area contributed by atoms with Crippen LogP contribution in [0.5, 0.6) is 0 Å². The topological polar surface area (TPSA) is 40.9 Å². The van der Waals surface area contributed by atoms with E-state index in [-0.39, 0.29) is 11.4 Å². The minimum Gasteiger partial charge on any atom is -0.288 e. The van der Waals surface area contributed by atoms with Crippen LogP contribution in [0.3, 0.4) is 0 Å². The van der Waals surface area contributed by atoms with Gasteiger partial charge in [-0.3, -0.25) is 4.79 Å². The summed E-state index contributed by atoms with van der Waals surface area (Å²) in [7, 11) is 0. The predicted octanol–water partition coefficient (Wildman–Crippen LogP) is 3.92. The van der Waals surface area contributed by atoms with E-state index in [0.717, 1.165) is 5.56 Å². The highest BCUT2D eigenvalue weighted by atomic mass is 19.1. The lowest BCUT2D eigenvalue weighted by Crippen LogP contribution is -2.04. The second-order valence-corrected chi connectivity index (χ2v) is 4.37. The number of carbonyl (C=O) groups excluding carboxylic acids is 1. The van der Waals surface area contributed by atoms with Crippen molar-refractivity contribution >= 4 is 11.9 Å². The molecule has 0 N–H and O–H groups in total. The predicted molar refractivity (Wildman–Crippen MR) is 75.5 cm³/mol. The number of nitriles is 1. The minimum atomic E-state index is -0.403. The van der Waals surface area contributed by atoms with Crippen LogP contribution < -0.4 is 0 Å². The Bertz CT molecular complexity index is 726. The number of allylic oxidation sites excluding steroid dienone is 1. The van der Waals surface area contributed by atoms with Crippen molar-refractivity contribution < 1.29 is 9.18 Å². The highest BCUT2D eigenvalue weighted by Gasteiger charge is 2.13. The summed E-state index contributed by atoms with van der Waals surface area (Å²) in [6, 6.07) is 14.7. The molecule has 0 saturated heterocycles. The molecule has 2 rings (SSSR count). The van der Waals surface area contributed by atoms with E-state index in [2.05, 4.69) is 0 Å². The number of halogens is 1. The molecule has 98 valence electrons. The molecule has 0 aliphatic rings. The van der Waals surface area contributed by atoms with Crippen molar-refractivity contribution in [3.05, 3.63) is 76.6 Å². The van der Waals surface area contributed by atoms with Gasteiger partial charge in [-0.1, -0.05) is 36.4 Å². The summed E-state index contributed by atoms with van der Waals surface area (Å²) < 4.78 is 13.1. The van der Waals surface area contributed by atoms with Crippen LogP contribution in [0.2, 0.25) is 0 Å². The number of nitrogens with zero attached hydrogens (tertiary/aromatic N) is 1. The number of benzene rings is 2. The first-order valence-electron chi connectivity index (χ1n) is 6.09. The number of hydrogen-bond acceptors (Lipinski definition) is 2. The average Bonchev–Trinajstić information content (AvgIpc) is 2.44. The van der Waals surface area contributed by atoms with E-state index in [4.69, 9.17) is 5.26 Å². The van der Waals surface area contributed by atoms with Gasteiger partial charge in [-0.15, -0.1) is 0 Å². The molecule has 0 aliphatic carbocycles. The minimum absolute atomic E-state index is 0.00935. The van der Waals surface area contributed by atoms with E-state index in [9.17, 15) is 9.18 Å². The van der Waals surface area contributed by atoms with Crippen LogP contribution in [-0.2, 0) is 0 Å². The Balaban J connectivity index is 2.41. The first-order chi connectivity index (χ1) is 9.61. The van der Waals surface area contributed by atoms with Gasteiger partial charge in [0.1, 0.15) is 17.5 Å². The van der Waals surface area contributed by atoms with Gasteiger partial charge >= 0.3 is 0 Å². The SMILES string of the molecule is Cc1ccccc1C(=O)/C(C#N)=C/c1cccc(F)c1. The Morgan fingerprint density at radius 2 is 1.95 bits per heavy atom. The molecule has 0 amide bonds. The highest BCUT2D eigenvalue weighted by Crippen LogP contribution is 2.16. The molecule has 3 heteroatoms. The number of Topliss-reactive ketones (excluding diaryl/α,β-unsaturated/α-hetero) is 1. The summed E-state index contributed by atoms with van der Waals surface area (Å²) >= 11 is 0. The van der Waals surface area contributed by atoms with Crippen molar-refractivity contribution in [1.82, 2.24) is 0 Å². The van der Waals surface area contributed by atoms with Crippen molar-refractivity contribution in [3.63, 3.8) is 0 Å². The fraction of sp³-hybridized carbons (Fsp3) is 0.0588.